The van der Waals surface area contributed by atoms with Crippen molar-refractivity contribution in [1.29, 1.82) is 0 Å². The van der Waals surface area contributed by atoms with Crippen LogP contribution in [0.25, 0.3) is 94.0 Å². The van der Waals surface area contributed by atoms with E-state index >= 15 is 0 Å². The minimum absolute atomic E-state index is 0.596. The molecule has 10 rings (SSSR count). The lowest BCUT2D eigenvalue weighted by molar-refractivity contribution is 0.953. The number of para-hydroxylation sites is 1. The van der Waals surface area contributed by atoms with Crippen LogP contribution in [0, 0.1) is 0 Å². The van der Waals surface area contributed by atoms with Gasteiger partial charge in [-0.05, 0) is 67.7 Å². The molecule has 10 aromatic rings. The molecule has 0 saturated carbocycles. The molecule has 2 heterocycles. The molecule has 2 aromatic heterocycles. The third-order valence-electron chi connectivity index (χ3n) is 9.62. The van der Waals surface area contributed by atoms with Crippen molar-refractivity contribution in [2.24, 2.45) is 0 Å². The third-order valence-corrected chi connectivity index (χ3v) is 9.62. The van der Waals surface area contributed by atoms with Crippen LogP contribution >= 0.6 is 0 Å². The second-order valence-electron chi connectivity index (χ2n) is 12.5. The standard InChI is InChI=1S/C45H28N4/c1-3-12-31(13-4-1)43-46-44(32-14-5-2-6-15-32)48-45(47-43)49-40-18-10-9-17-38(40)42-37-25-23-33(27-35(37)24-26-41(42)49)34-22-21-30-20-19-29-11-7-8-16-36(29)39(30)28-34/h1-28H. The van der Waals surface area contributed by atoms with Crippen LogP contribution < -0.4 is 0 Å². The third kappa shape index (κ3) is 4.49. The maximum absolute atomic E-state index is 5.09. The van der Waals surface area contributed by atoms with Crippen LogP contribution in [-0.4, -0.2) is 19.5 Å². The predicted octanol–water partition coefficient (Wildman–Crippen LogP) is 11.4. The molecule has 0 aliphatic heterocycles. The summed E-state index contributed by atoms with van der Waals surface area (Å²) < 4.78 is 2.19. The van der Waals surface area contributed by atoms with Gasteiger partial charge in [-0.15, -0.1) is 0 Å². The SMILES string of the molecule is c1ccc(-c2nc(-c3ccccc3)nc(-n3c4ccccc4c4c5ccc(-c6ccc7ccc8ccccc8c7c6)cc5ccc43)n2)cc1. The van der Waals surface area contributed by atoms with Gasteiger partial charge in [0.15, 0.2) is 11.6 Å². The summed E-state index contributed by atoms with van der Waals surface area (Å²) in [7, 11) is 0. The Morgan fingerprint density at radius 1 is 0.327 bits per heavy atom. The topological polar surface area (TPSA) is 43.6 Å². The van der Waals surface area contributed by atoms with Crippen molar-refractivity contribution in [2.45, 2.75) is 0 Å². The van der Waals surface area contributed by atoms with Crippen LogP contribution in [0.4, 0.5) is 0 Å². The van der Waals surface area contributed by atoms with Crippen molar-refractivity contribution < 1.29 is 0 Å². The zero-order valence-electron chi connectivity index (χ0n) is 26.5. The van der Waals surface area contributed by atoms with E-state index in [4.69, 9.17) is 15.0 Å². The average molecular weight is 625 g/mol. The van der Waals surface area contributed by atoms with Crippen molar-refractivity contribution in [3.05, 3.63) is 170 Å². The molecule has 228 valence electrons. The molecule has 0 aliphatic carbocycles. The number of fused-ring (bicyclic) bond motifs is 8. The van der Waals surface area contributed by atoms with Crippen LogP contribution in [0.1, 0.15) is 0 Å². The van der Waals surface area contributed by atoms with Crippen LogP contribution in [0.3, 0.4) is 0 Å². The first kappa shape index (κ1) is 27.5. The summed E-state index contributed by atoms with van der Waals surface area (Å²) in [6.07, 6.45) is 0. The first-order chi connectivity index (χ1) is 24.3. The second-order valence-corrected chi connectivity index (χ2v) is 12.5. The van der Waals surface area contributed by atoms with Gasteiger partial charge in [0.2, 0.25) is 5.95 Å². The largest absolute Gasteiger partial charge is 0.278 e. The van der Waals surface area contributed by atoms with Gasteiger partial charge in [0.05, 0.1) is 11.0 Å². The van der Waals surface area contributed by atoms with E-state index in [0.717, 1.165) is 27.5 Å². The van der Waals surface area contributed by atoms with E-state index in [9.17, 15) is 0 Å². The van der Waals surface area contributed by atoms with Crippen LogP contribution in [0.5, 0.6) is 0 Å². The number of nitrogens with zero attached hydrogens (tertiary/aromatic N) is 4. The Hall–Kier alpha value is -6.65. The number of hydrogen-bond donors (Lipinski definition) is 0. The zero-order valence-corrected chi connectivity index (χ0v) is 26.5. The molecule has 0 N–H and O–H groups in total. The van der Waals surface area contributed by atoms with E-state index in [0.29, 0.717) is 17.6 Å². The van der Waals surface area contributed by atoms with Gasteiger partial charge >= 0.3 is 0 Å². The van der Waals surface area contributed by atoms with Crippen LogP contribution in [0.2, 0.25) is 0 Å². The summed E-state index contributed by atoms with van der Waals surface area (Å²) in [4.78, 5) is 15.1. The Morgan fingerprint density at radius 2 is 0.898 bits per heavy atom. The molecule has 0 radical (unpaired) electrons. The van der Waals surface area contributed by atoms with Crippen molar-refractivity contribution in [2.75, 3.05) is 0 Å². The molecule has 0 unspecified atom stereocenters. The van der Waals surface area contributed by atoms with E-state index in [1.54, 1.807) is 0 Å². The molecule has 0 amide bonds. The Morgan fingerprint density at radius 3 is 1.65 bits per heavy atom. The monoisotopic (exact) mass is 624 g/mol. The first-order valence-electron chi connectivity index (χ1n) is 16.5. The Bertz CT molecular complexity index is 2820. The van der Waals surface area contributed by atoms with E-state index in [-0.39, 0.29) is 0 Å². The summed E-state index contributed by atoms with van der Waals surface area (Å²) in [6.45, 7) is 0. The molecular formula is C45H28N4. The number of hydrogen-bond acceptors (Lipinski definition) is 3. The normalized spacial score (nSPS) is 11.7. The molecule has 0 atom stereocenters. The smallest absolute Gasteiger partial charge is 0.238 e. The lowest BCUT2D eigenvalue weighted by Crippen LogP contribution is -2.06. The van der Waals surface area contributed by atoms with Gasteiger partial charge in [0.25, 0.3) is 0 Å². The zero-order chi connectivity index (χ0) is 32.3. The van der Waals surface area contributed by atoms with Gasteiger partial charge in [0.1, 0.15) is 0 Å². The molecular weight excluding hydrogens is 597 g/mol. The van der Waals surface area contributed by atoms with Gasteiger partial charge < -0.3 is 0 Å². The quantitative estimate of drug-likeness (QED) is 0.183. The molecule has 8 aromatic carbocycles. The molecule has 0 bridgehead atoms. The minimum atomic E-state index is 0.596. The maximum atomic E-state index is 5.09. The highest BCUT2D eigenvalue weighted by Gasteiger charge is 2.19. The van der Waals surface area contributed by atoms with Gasteiger partial charge in [-0.2, -0.15) is 9.97 Å². The van der Waals surface area contributed by atoms with E-state index in [1.165, 1.54) is 48.8 Å². The van der Waals surface area contributed by atoms with Gasteiger partial charge in [-0.1, -0.05) is 146 Å². The Labute approximate surface area is 282 Å². The molecule has 0 spiro atoms. The summed E-state index contributed by atoms with van der Waals surface area (Å²) in [6, 6.07) is 59.9. The molecule has 4 nitrogen and oxygen atoms in total. The van der Waals surface area contributed by atoms with Crippen molar-refractivity contribution in [3.63, 3.8) is 0 Å². The highest BCUT2D eigenvalue weighted by Crippen LogP contribution is 2.39. The molecule has 0 aliphatic rings. The summed E-state index contributed by atoms with van der Waals surface area (Å²) >= 11 is 0. The van der Waals surface area contributed by atoms with E-state index in [1.807, 2.05) is 60.7 Å². The Balaban J connectivity index is 1.18. The fourth-order valence-corrected chi connectivity index (χ4v) is 7.27. The first-order valence-corrected chi connectivity index (χ1v) is 16.5. The van der Waals surface area contributed by atoms with Crippen LogP contribution in [-0.2, 0) is 0 Å². The van der Waals surface area contributed by atoms with Crippen molar-refractivity contribution >= 4 is 54.1 Å². The van der Waals surface area contributed by atoms with E-state index < -0.39 is 0 Å². The molecule has 4 heteroatoms. The summed E-state index contributed by atoms with van der Waals surface area (Å²) in [5, 5.41) is 9.80. The van der Waals surface area contributed by atoms with Crippen LogP contribution in [0.15, 0.2) is 170 Å². The summed E-state index contributed by atoms with van der Waals surface area (Å²) in [5.74, 6) is 1.88. The Kier molecular flexibility index (Phi) is 6.15. The number of aromatic nitrogens is 4. The number of rotatable bonds is 4. The van der Waals surface area contributed by atoms with E-state index in [2.05, 4.69) is 114 Å². The highest BCUT2D eigenvalue weighted by atomic mass is 15.2. The predicted molar refractivity (Wildman–Crippen MR) is 203 cm³/mol. The fourth-order valence-electron chi connectivity index (χ4n) is 7.27. The molecule has 0 saturated heterocycles. The van der Waals surface area contributed by atoms with Gasteiger partial charge in [-0.3, -0.25) is 4.57 Å². The highest BCUT2D eigenvalue weighted by molar-refractivity contribution is 6.21. The maximum Gasteiger partial charge on any atom is 0.238 e. The second kappa shape index (κ2) is 11.0. The molecule has 49 heavy (non-hydrogen) atoms. The van der Waals surface area contributed by atoms with Gasteiger partial charge in [0, 0.05) is 21.9 Å². The van der Waals surface area contributed by atoms with Crippen molar-refractivity contribution in [1.82, 2.24) is 19.5 Å². The summed E-state index contributed by atoms with van der Waals surface area (Å²) in [5.41, 5.74) is 6.42. The van der Waals surface area contributed by atoms with Gasteiger partial charge in [-0.25, -0.2) is 4.98 Å². The fraction of sp³-hybridized carbons (Fsp3) is 0. The molecule has 0 fully saturated rings. The minimum Gasteiger partial charge on any atom is -0.278 e. The lowest BCUT2D eigenvalue weighted by Gasteiger charge is -2.11. The average Bonchev–Trinajstić information content (AvgIpc) is 3.53. The van der Waals surface area contributed by atoms with Crippen molar-refractivity contribution in [3.8, 4) is 39.9 Å². The lowest BCUT2D eigenvalue weighted by atomic mass is 9.95. The number of benzene rings is 8.